The maximum Gasteiger partial charge on any atom is 0.243 e. The molecule has 2 aliphatic rings. The molecule has 0 heterocycles. The number of benzene rings is 3. The van der Waals surface area contributed by atoms with Crippen LogP contribution in [0.5, 0.6) is 0 Å². The van der Waals surface area contributed by atoms with Gasteiger partial charge >= 0.3 is 0 Å². The van der Waals surface area contributed by atoms with Crippen LogP contribution in [0.2, 0.25) is 0 Å². The summed E-state index contributed by atoms with van der Waals surface area (Å²) in [4.78, 5) is -0.307. The number of halogens is 2. The lowest BCUT2D eigenvalue weighted by atomic mass is 9.72. The normalized spacial score (nSPS) is 21.1. The molecule has 0 aromatic heterocycles. The van der Waals surface area contributed by atoms with Gasteiger partial charge in [0.1, 0.15) is 16.5 Å². The Balaban J connectivity index is 1.34. The molecule has 38 heavy (non-hydrogen) atoms. The summed E-state index contributed by atoms with van der Waals surface area (Å²) in [6, 6.07) is 21.2. The predicted octanol–water partition coefficient (Wildman–Crippen LogP) is 6.12. The predicted molar refractivity (Wildman–Crippen MR) is 147 cm³/mol. The second kappa shape index (κ2) is 11.6. The number of rotatable bonds is 9. The summed E-state index contributed by atoms with van der Waals surface area (Å²) in [7, 11) is -3.96. The van der Waals surface area contributed by atoms with E-state index < -0.39 is 15.8 Å². The first-order valence-electron chi connectivity index (χ1n) is 13.7. The van der Waals surface area contributed by atoms with Gasteiger partial charge in [-0.15, -0.1) is 0 Å². The number of nitrogens with one attached hydrogen (secondary N) is 2. The second-order valence-corrected chi connectivity index (χ2v) is 12.7. The molecule has 1 saturated carbocycles. The third kappa shape index (κ3) is 6.16. The summed E-state index contributed by atoms with van der Waals surface area (Å²) >= 11 is 0. The van der Waals surface area contributed by atoms with E-state index in [0.29, 0.717) is 6.54 Å². The Kier molecular flexibility index (Phi) is 8.26. The lowest BCUT2D eigenvalue weighted by Crippen LogP contribution is -2.49. The molecule has 1 fully saturated rings. The number of fused-ring (bicyclic) bond motifs is 1. The molecule has 0 amide bonds. The highest BCUT2D eigenvalue weighted by molar-refractivity contribution is 7.89. The van der Waals surface area contributed by atoms with Crippen molar-refractivity contribution in [1.82, 2.24) is 10.0 Å². The van der Waals surface area contributed by atoms with Crippen molar-refractivity contribution in [2.45, 2.75) is 68.2 Å². The van der Waals surface area contributed by atoms with E-state index in [-0.39, 0.29) is 34.6 Å². The van der Waals surface area contributed by atoms with Gasteiger partial charge in [-0.2, -0.15) is 0 Å². The van der Waals surface area contributed by atoms with Gasteiger partial charge in [0, 0.05) is 25.0 Å². The van der Waals surface area contributed by atoms with Crippen LogP contribution in [0.25, 0.3) is 0 Å². The van der Waals surface area contributed by atoms with Crippen LogP contribution in [0.15, 0.2) is 77.7 Å². The first-order chi connectivity index (χ1) is 18.4. The Morgan fingerprint density at radius 1 is 0.868 bits per heavy atom. The van der Waals surface area contributed by atoms with Crippen molar-refractivity contribution in [1.29, 1.82) is 0 Å². The topological polar surface area (TPSA) is 58.2 Å². The van der Waals surface area contributed by atoms with E-state index in [1.165, 1.54) is 35.4 Å². The fraction of sp³-hybridized carbons (Fsp3) is 0.419. The van der Waals surface area contributed by atoms with E-state index >= 15 is 0 Å². The first kappa shape index (κ1) is 27.0. The molecule has 5 rings (SSSR count). The Hall–Kier alpha value is -2.61. The smallest absolute Gasteiger partial charge is 0.243 e. The van der Waals surface area contributed by atoms with E-state index in [4.69, 9.17) is 0 Å². The Morgan fingerprint density at radius 3 is 2.37 bits per heavy atom. The molecule has 3 aromatic rings. The van der Waals surface area contributed by atoms with Gasteiger partial charge in [0.05, 0.1) is 0 Å². The van der Waals surface area contributed by atoms with Crippen LogP contribution in [0.4, 0.5) is 8.78 Å². The van der Waals surface area contributed by atoms with E-state index in [1.54, 1.807) is 12.1 Å². The molecule has 2 aliphatic carbocycles. The van der Waals surface area contributed by atoms with Crippen LogP contribution in [-0.2, 0) is 22.9 Å². The van der Waals surface area contributed by atoms with Gasteiger partial charge in [-0.25, -0.2) is 21.9 Å². The molecule has 2 unspecified atom stereocenters. The van der Waals surface area contributed by atoms with E-state index in [9.17, 15) is 17.2 Å². The van der Waals surface area contributed by atoms with Crippen LogP contribution in [0, 0.1) is 17.0 Å². The molecule has 0 radical (unpaired) electrons. The molecule has 4 nitrogen and oxygen atoms in total. The highest BCUT2D eigenvalue weighted by atomic mass is 32.2. The van der Waals surface area contributed by atoms with Crippen LogP contribution in [-0.4, -0.2) is 27.5 Å². The van der Waals surface area contributed by atoms with Crippen LogP contribution in [0.1, 0.15) is 61.1 Å². The number of hydrogen-bond donors (Lipinski definition) is 2. The summed E-state index contributed by atoms with van der Waals surface area (Å²) in [5, 5.41) is 3.84. The highest BCUT2D eigenvalue weighted by Gasteiger charge is 2.37. The molecule has 0 spiro atoms. The zero-order chi connectivity index (χ0) is 26.6. The average molecular weight is 539 g/mol. The molecule has 2 N–H and O–H groups in total. The third-order valence-electron chi connectivity index (χ3n) is 8.43. The molecular weight excluding hydrogens is 502 g/mol. The average Bonchev–Trinajstić information content (AvgIpc) is 2.93. The maximum absolute atomic E-state index is 14.3. The van der Waals surface area contributed by atoms with E-state index in [0.717, 1.165) is 56.9 Å². The lowest BCUT2D eigenvalue weighted by Gasteiger charge is -2.41. The molecule has 2 atom stereocenters. The maximum atomic E-state index is 14.3. The van der Waals surface area contributed by atoms with E-state index in [2.05, 4.69) is 22.2 Å². The minimum Gasteiger partial charge on any atom is -0.313 e. The Bertz CT molecular complexity index is 1340. The van der Waals surface area contributed by atoms with Crippen molar-refractivity contribution in [3.05, 3.63) is 101 Å². The zero-order valence-electron chi connectivity index (χ0n) is 21.6. The summed E-state index contributed by atoms with van der Waals surface area (Å²) in [6.45, 7) is 0.952. The minimum absolute atomic E-state index is 0.190. The van der Waals surface area contributed by atoms with Gasteiger partial charge < -0.3 is 5.32 Å². The van der Waals surface area contributed by atoms with Gasteiger partial charge in [-0.1, -0.05) is 67.8 Å². The number of hydrogen-bond acceptors (Lipinski definition) is 3. The second-order valence-electron chi connectivity index (χ2n) is 11.0. The fourth-order valence-electron chi connectivity index (χ4n) is 6.30. The van der Waals surface area contributed by atoms with Gasteiger partial charge in [-0.05, 0) is 78.5 Å². The first-order valence-corrected chi connectivity index (χ1v) is 15.1. The largest absolute Gasteiger partial charge is 0.313 e. The molecule has 202 valence electrons. The SMILES string of the molecule is O=S(=O)(NCC1(CNC2CCc3cc(F)ccc3C2Cc2ccccc2)CCCCC1)c1ccccc1F. The van der Waals surface area contributed by atoms with Crippen LogP contribution in [0.3, 0.4) is 0 Å². The lowest BCUT2D eigenvalue weighted by molar-refractivity contribution is 0.172. The highest BCUT2D eigenvalue weighted by Crippen LogP contribution is 2.39. The quantitative estimate of drug-likeness (QED) is 0.345. The number of aryl methyl sites for hydroxylation is 1. The molecule has 7 heteroatoms. The summed E-state index contributed by atoms with van der Waals surface area (Å²) in [5.74, 6) is -0.744. The molecular formula is C31H36F2N2O2S. The Morgan fingerprint density at radius 2 is 1.61 bits per heavy atom. The zero-order valence-corrected chi connectivity index (χ0v) is 22.5. The van der Waals surface area contributed by atoms with Gasteiger partial charge in [0.2, 0.25) is 10.0 Å². The van der Waals surface area contributed by atoms with Crippen LogP contribution < -0.4 is 10.0 Å². The summed E-state index contributed by atoms with van der Waals surface area (Å²) in [6.07, 6.45) is 7.61. The Labute approximate surface area is 224 Å². The summed E-state index contributed by atoms with van der Waals surface area (Å²) in [5.41, 5.74) is 3.27. The standard InChI is InChI=1S/C31H36F2N2O2S/c32-25-14-15-26-24(20-25)13-16-29(27(26)19-23-9-3-1-4-10-23)34-21-31(17-7-2-8-18-31)22-35-38(36,37)30-12-6-5-11-28(30)33/h1,3-6,9-12,14-15,20,27,29,34-35H,2,7-8,13,16-19,21-22H2. The van der Waals surface area contributed by atoms with Gasteiger partial charge in [-0.3, -0.25) is 0 Å². The van der Waals surface area contributed by atoms with Crippen molar-refractivity contribution < 1.29 is 17.2 Å². The van der Waals surface area contributed by atoms with Crippen molar-refractivity contribution >= 4 is 10.0 Å². The van der Waals surface area contributed by atoms with Gasteiger partial charge in [0.25, 0.3) is 0 Å². The van der Waals surface area contributed by atoms with Gasteiger partial charge in [0.15, 0.2) is 0 Å². The van der Waals surface area contributed by atoms with E-state index in [1.807, 2.05) is 24.3 Å². The molecule has 0 saturated heterocycles. The minimum atomic E-state index is -3.96. The molecule has 3 aromatic carbocycles. The molecule has 0 aliphatic heterocycles. The number of sulfonamides is 1. The fourth-order valence-corrected chi connectivity index (χ4v) is 7.53. The summed E-state index contributed by atoms with van der Waals surface area (Å²) < 4.78 is 56.9. The van der Waals surface area contributed by atoms with Crippen molar-refractivity contribution in [2.24, 2.45) is 5.41 Å². The third-order valence-corrected chi connectivity index (χ3v) is 9.86. The van der Waals surface area contributed by atoms with Crippen LogP contribution >= 0.6 is 0 Å². The van der Waals surface area contributed by atoms with Crippen molar-refractivity contribution in [3.63, 3.8) is 0 Å². The monoisotopic (exact) mass is 538 g/mol. The van der Waals surface area contributed by atoms with Crippen molar-refractivity contribution in [3.8, 4) is 0 Å². The molecule has 0 bridgehead atoms. The van der Waals surface area contributed by atoms with Crippen molar-refractivity contribution in [2.75, 3.05) is 13.1 Å².